The molecule has 0 heterocycles. The van der Waals surface area contributed by atoms with Crippen LogP contribution in [0.5, 0.6) is 0 Å². The Labute approximate surface area is 90.9 Å². The van der Waals surface area contributed by atoms with Crippen LogP contribution in [0.2, 0.25) is 0 Å². The van der Waals surface area contributed by atoms with Crippen LogP contribution in [-0.4, -0.2) is 6.54 Å². The van der Waals surface area contributed by atoms with E-state index in [9.17, 15) is 0 Å². The lowest BCUT2D eigenvalue weighted by atomic mass is 10.1. The summed E-state index contributed by atoms with van der Waals surface area (Å²) in [5, 5.41) is 12.3. The maximum atomic E-state index is 8.94. The van der Waals surface area contributed by atoms with Crippen LogP contribution in [0.4, 0.5) is 5.69 Å². The molecule has 2 nitrogen and oxygen atoms in total. The largest absolute Gasteiger partial charge is 0.384 e. The SMILES string of the molecule is Cc1ccc(C#N)c(NCCC2CC2)c1. The maximum absolute atomic E-state index is 8.94. The van der Waals surface area contributed by atoms with E-state index in [2.05, 4.69) is 11.4 Å². The molecule has 1 aliphatic carbocycles. The summed E-state index contributed by atoms with van der Waals surface area (Å²) in [6, 6.07) is 8.12. The molecule has 0 aromatic heterocycles. The van der Waals surface area contributed by atoms with Crippen molar-refractivity contribution in [3.63, 3.8) is 0 Å². The molecule has 1 fully saturated rings. The van der Waals surface area contributed by atoms with E-state index in [-0.39, 0.29) is 0 Å². The first-order valence-electron chi connectivity index (χ1n) is 5.54. The average Bonchev–Trinajstić information content (AvgIpc) is 3.02. The zero-order valence-electron chi connectivity index (χ0n) is 9.09. The molecule has 0 bridgehead atoms. The monoisotopic (exact) mass is 200 g/mol. The van der Waals surface area contributed by atoms with Gasteiger partial charge in [-0.1, -0.05) is 18.9 Å². The summed E-state index contributed by atoms with van der Waals surface area (Å²) in [6.07, 6.45) is 4.01. The Balaban J connectivity index is 1.98. The van der Waals surface area contributed by atoms with Gasteiger partial charge in [0.05, 0.1) is 11.3 Å². The lowest BCUT2D eigenvalue weighted by molar-refractivity contribution is 0.760. The molecule has 0 saturated heterocycles. The summed E-state index contributed by atoms with van der Waals surface area (Å²) in [5.74, 6) is 0.938. The molecular formula is C13H16N2. The van der Waals surface area contributed by atoms with Gasteiger partial charge in [0, 0.05) is 6.54 Å². The first-order valence-corrected chi connectivity index (χ1v) is 5.54. The zero-order chi connectivity index (χ0) is 10.7. The Hall–Kier alpha value is -1.49. The number of nitrogens with one attached hydrogen (secondary N) is 1. The van der Waals surface area contributed by atoms with Crippen molar-refractivity contribution >= 4 is 5.69 Å². The second-order valence-electron chi connectivity index (χ2n) is 4.32. The highest BCUT2D eigenvalue weighted by Crippen LogP contribution is 2.32. The van der Waals surface area contributed by atoms with Gasteiger partial charge in [0.1, 0.15) is 6.07 Å². The van der Waals surface area contributed by atoms with E-state index in [1.54, 1.807) is 0 Å². The molecule has 1 N–H and O–H groups in total. The molecule has 2 rings (SSSR count). The van der Waals surface area contributed by atoms with Crippen molar-refractivity contribution in [1.82, 2.24) is 0 Å². The second kappa shape index (κ2) is 4.35. The number of nitriles is 1. The highest BCUT2D eigenvalue weighted by molar-refractivity contribution is 5.58. The number of rotatable bonds is 4. The van der Waals surface area contributed by atoms with Gasteiger partial charge >= 0.3 is 0 Å². The highest BCUT2D eigenvalue weighted by Gasteiger charge is 2.20. The summed E-state index contributed by atoms with van der Waals surface area (Å²) >= 11 is 0. The molecule has 15 heavy (non-hydrogen) atoms. The van der Waals surface area contributed by atoms with Crippen molar-refractivity contribution in [3.8, 4) is 6.07 Å². The predicted octanol–water partition coefficient (Wildman–Crippen LogP) is 3.08. The third-order valence-corrected chi connectivity index (χ3v) is 2.86. The minimum Gasteiger partial charge on any atom is -0.384 e. The van der Waals surface area contributed by atoms with Crippen molar-refractivity contribution in [2.24, 2.45) is 5.92 Å². The molecule has 0 atom stereocenters. The number of hydrogen-bond acceptors (Lipinski definition) is 2. The topological polar surface area (TPSA) is 35.8 Å². The van der Waals surface area contributed by atoms with E-state index in [1.807, 2.05) is 25.1 Å². The van der Waals surface area contributed by atoms with Gasteiger partial charge in [-0.2, -0.15) is 5.26 Å². The fraction of sp³-hybridized carbons (Fsp3) is 0.462. The quantitative estimate of drug-likeness (QED) is 0.810. The fourth-order valence-corrected chi connectivity index (χ4v) is 1.72. The summed E-state index contributed by atoms with van der Waals surface area (Å²) in [5.41, 5.74) is 2.93. The van der Waals surface area contributed by atoms with Gasteiger partial charge in [0.15, 0.2) is 0 Å². The van der Waals surface area contributed by atoms with Gasteiger partial charge in [-0.15, -0.1) is 0 Å². The van der Waals surface area contributed by atoms with Gasteiger partial charge in [0.25, 0.3) is 0 Å². The lowest BCUT2D eigenvalue weighted by Crippen LogP contribution is -2.04. The Kier molecular flexibility index (Phi) is 2.91. The molecule has 1 aliphatic rings. The standard InChI is InChI=1S/C13H16N2/c1-10-2-5-12(9-14)13(8-10)15-7-6-11-3-4-11/h2,5,8,11,15H,3-4,6-7H2,1H3. The molecule has 1 saturated carbocycles. The predicted molar refractivity (Wildman–Crippen MR) is 61.7 cm³/mol. The molecule has 0 unspecified atom stereocenters. The zero-order valence-corrected chi connectivity index (χ0v) is 9.09. The van der Waals surface area contributed by atoms with Gasteiger partial charge < -0.3 is 5.32 Å². The normalized spacial score (nSPS) is 14.7. The third-order valence-electron chi connectivity index (χ3n) is 2.86. The van der Waals surface area contributed by atoms with Gasteiger partial charge in [0.2, 0.25) is 0 Å². The van der Waals surface area contributed by atoms with Crippen LogP contribution in [0.3, 0.4) is 0 Å². The van der Waals surface area contributed by atoms with Crippen LogP contribution < -0.4 is 5.32 Å². The highest BCUT2D eigenvalue weighted by atomic mass is 14.9. The minimum atomic E-state index is 0.747. The van der Waals surface area contributed by atoms with Gasteiger partial charge in [-0.3, -0.25) is 0 Å². The average molecular weight is 200 g/mol. The molecule has 0 amide bonds. The molecular weight excluding hydrogens is 184 g/mol. The molecule has 0 aliphatic heterocycles. The minimum absolute atomic E-state index is 0.747. The fourth-order valence-electron chi connectivity index (χ4n) is 1.72. The molecule has 1 aromatic carbocycles. The Morgan fingerprint density at radius 1 is 1.47 bits per heavy atom. The van der Waals surface area contributed by atoms with E-state index in [1.165, 1.54) is 24.8 Å². The summed E-state index contributed by atoms with van der Waals surface area (Å²) in [4.78, 5) is 0. The van der Waals surface area contributed by atoms with Crippen LogP contribution in [0.25, 0.3) is 0 Å². The molecule has 2 heteroatoms. The lowest BCUT2D eigenvalue weighted by Gasteiger charge is -2.08. The Morgan fingerprint density at radius 2 is 2.27 bits per heavy atom. The number of benzene rings is 1. The number of hydrogen-bond donors (Lipinski definition) is 1. The van der Waals surface area contributed by atoms with Gasteiger partial charge in [-0.25, -0.2) is 0 Å². The molecule has 1 aromatic rings. The molecule has 0 spiro atoms. The third kappa shape index (κ3) is 2.73. The van der Waals surface area contributed by atoms with Gasteiger partial charge in [-0.05, 0) is 37.0 Å². The smallest absolute Gasteiger partial charge is 0.101 e. The van der Waals surface area contributed by atoms with Crippen LogP contribution in [0, 0.1) is 24.2 Å². The summed E-state index contributed by atoms with van der Waals surface area (Å²) in [7, 11) is 0. The van der Waals surface area contributed by atoms with E-state index in [0.717, 1.165) is 23.7 Å². The summed E-state index contributed by atoms with van der Waals surface area (Å²) < 4.78 is 0. The van der Waals surface area contributed by atoms with Crippen molar-refractivity contribution in [2.45, 2.75) is 26.2 Å². The van der Waals surface area contributed by atoms with Crippen LogP contribution in [0.1, 0.15) is 30.4 Å². The Morgan fingerprint density at radius 3 is 2.93 bits per heavy atom. The van der Waals surface area contributed by atoms with Crippen molar-refractivity contribution in [2.75, 3.05) is 11.9 Å². The number of nitrogens with zero attached hydrogens (tertiary/aromatic N) is 1. The number of aryl methyl sites for hydroxylation is 1. The molecule has 0 radical (unpaired) electrons. The molecule has 78 valence electrons. The first-order chi connectivity index (χ1) is 7.29. The Bertz CT molecular complexity index is 386. The van der Waals surface area contributed by atoms with E-state index < -0.39 is 0 Å². The van der Waals surface area contributed by atoms with E-state index in [4.69, 9.17) is 5.26 Å². The van der Waals surface area contributed by atoms with Crippen molar-refractivity contribution in [3.05, 3.63) is 29.3 Å². The maximum Gasteiger partial charge on any atom is 0.101 e. The van der Waals surface area contributed by atoms with Crippen LogP contribution in [0.15, 0.2) is 18.2 Å². The van der Waals surface area contributed by atoms with E-state index >= 15 is 0 Å². The van der Waals surface area contributed by atoms with Crippen LogP contribution in [-0.2, 0) is 0 Å². The summed E-state index contributed by atoms with van der Waals surface area (Å²) in [6.45, 7) is 3.04. The van der Waals surface area contributed by atoms with Crippen molar-refractivity contribution < 1.29 is 0 Å². The van der Waals surface area contributed by atoms with Crippen molar-refractivity contribution in [1.29, 1.82) is 5.26 Å². The van der Waals surface area contributed by atoms with E-state index in [0.29, 0.717) is 0 Å². The first kappa shape index (κ1) is 10.0. The number of anilines is 1. The van der Waals surface area contributed by atoms with Crippen LogP contribution >= 0.6 is 0 Å². The second-order valence-corrected chi connectivity index (χ2v) is 4.32.